The normalized spacial score (nSPS) is 24.7. The number of hydrogen-bond donors (Lipinski definition) is 2. The summed E-state index contributed by atoms with van der Waals surface area (Å²) in [6, 6.07) is 10.9. The van der Waals surface area contributed by atoms with Crippen LogP contribution in [0.5, 0.6) is 0 Å². The van der Waals surface area contributed by atoms with Crippen LogP contribution in [0, 0.1) is 5.41 Å². The monoisotopic (exact) mass is 373 g/mol. The van der Waals surface area contributed by atoms with Gasteiger partial charge in [0.05, 0.1) is 11.5 Å². The molecule has 0 bridgehead atoms. The lowest BCUT2D eigenvalue weighted by atomic mass is 9.88. The Hall–Kier alpha value is -0.810. The third kappa shape index (κ3) is 4.85. The van der Waals surface area contributed by atoms with Gasteiger partial charge in [-0.3, -0.25) is 9.69 Å². The van der Waals surface area contributed by atoms with Crippen LogP contribution in [0.3, 0.4) is 0 Å². The van der Waals surface area contributed by atoms with Crippen molar-refractivity contribution in [2.24, 2.45) is 5.41 Å². The molecule has 2 unspecified atom stereocenters. The molecule has 0 aromatic heterocycles. The number of nitrogens with zero attached hydrogens (tertiary/aromatic N) is 1. The van der Waals surface area contributed by atoms with Crippen molar-refractivity contribution in [3.05, 3.63) is 35.9 Å². The molecule has 2 aliphatic heterocycles. The van der Waals surface area contributed by atoms with Crippen LogP contribution < -0.4 is 10.6 Å². The Labute approximate surface area is 157 Å². The van der Waals surface area contributed by atoms with E-state index in [-0.39, 0.29) is 36.1 Å². The fourth-order valence-electron chi connectivity index (χ4n) is 3.60. The van der Waals surface area contributed by atoms with E-state index in [0.29, 0.717) is 12.6 Å². The van der Waals surface area contributed by atoms with Crippen LogP contribution in [0.2, 0.25) is 0 Å². The Morgan fingerprint density at radius 1 is 1.25 bits per heavy atom. The molecule has 1 aromatic rings. The van der Waals surface area contributed by atoms with Crippen LogP contribution in [-0.2, 0) is 4.79 Å². The smallest absolute Gasteiger partial charge is 0.227 e. The molecule has 2 heterocycles. The van der Waals surface area contributed by atoms with E-state index in [0.717, 1.165) is 32.6 Å². The number of nitrogens with one attached hydrogen (secondary N) is 2. The lowest BCUT2D eigenvalue weighted by Gasteiger charge is -2.30. The van der Waals surface area contributed by atoms with Gasteiger partial charge in [-0.15, -0.1) is 24.8 Å². The van der Waals surface area contributed by atoms with Gasteiger partial charge >= 0.3 is 0 Å². The summed E-state index contributed by atoms with van der Waals surface area (Å²) in [4.78, 5) is 15.1. The number of amides is 1. The summed E-state index contributed by atoms with van der Waals surface area (Å²) in [7, 11) is 0. The fraction of sp³-hybridized carbons (Fsp3) is 0.611. The Kier molecular flexibility index (Phi) is 8.51. The number of benzene rings is 1. The zero-order chi connectivity index (χ0) is 15.4. The number of rotatable bonds is 5. The minimum atomic E-state index is -0.244. The van der Waals surface area contributed by atoms with Gasteiger partial charge in [-0.05, 0) is 51.4 Å². The highest BCUT2D eigenvalue weighted by molar-refractivity contribution is 5.85. The van der Waals surface area contributed by atoms with E-state index in [2.05, 4.69) is 46.7 Å². The summed E-state index contributed by atoms with van der Waals surface area (Å²) >= 11 is 0. The average Bonchev–Trinajstić information content (AvgIpc) is 3.21. The van der Waals surface area contributed by atoms with Crippen LogP contribution in [0.25, 0.3) is 0 Å². The van der Waals surface area contributed by atoms with Crippen molar-refractivity contribution < 1.29 is 4.79 Å². The molecule has 2 aliphatic rings. The van der Waals surface area contributed by atoms with Gasteiger partial charge < -0.3 is 10.6 Å². The SMILES string of the molecule is CC1(C(=O)NCC(c2ccccc2)N2CCCC2)CCNC1.Cl.Cl. The van der Waals surface area contributed by atoms with Gasteiger partial charge in [0.1, 0.15) is 0 Å². The standard InChI is InChI=1S/C18H27N3O.2ClH/c1-18(9-10-19-14-18)17(22)20-13-16(21-11-5-6-12-21)15-7-3-2-4-8-15;;/h2-4,7-8,16,19H,5-6,9-14H2,1H3,(H,20,22);2*1H. The van der Waals surface area contributed by atoms with Crippen LogP contribution in [0.4, 0.5) is 0 Å². The molecule has 0 aliphatic carbocycles. The van der Waals surface area contributed by atoms with Gasteiger partial charge in [0, 0.05) is 13.1 Å². The molecule has 2 fully saturated rings. The average molecular weight is 374 g/mol. The zero-order valence-electron chi connectivity index (χ0n) is 14.3. The molecule has 0 saturated carbocycles. The second-order valence-electron chi connectivity index (χ2n) is 6.87. The van der Waals surface area contributed by atoms with Crippen LogP contribution in [0.1, 0.15) is 37.8 Å². The third-order valence-corrected chi connectivity index (χ3v) is 5.14. The highest BCUT2D eigenvalue weighted by Gasteiger charge is 2.36. The van der Waals surface area contributed by atoms with Crippen LogP contribution in [-0.4, -0.2) is 43.5 Å². The molecule has 3 rings (SSSR count). The molecule has 2 atom stereocenters. The van der Waals surface area contributed by atoms with Crippen molar-refractivity contribution in [2.45, 2.75) is 32.2 Å². The Morgan fingerprint density at radius 3 is 2.50 bits per heavy atom. The summed E-state index contributed by atoms with van der Waals surface area (Å²) in [5, 5.41) is 6.52. The maximum atomic E-state index is 12.5. The van der Waals surface area contributed by atoms with E-state index in [9.17, 15) is 4.79 Å². The van der Waals surface area contributed by atoms with E-state index in [1.807, 2.05) is 6.07 Å². The molecule has 1 amide bonds. The van der Waals surface area contributed by atoms with E-state index in [1.54, 1.807) is 0 Å². The first-order valence-electron chi connectivity index (χ1n) is 8.47. The Balaban J connectivity index is 0.00000144. The zero-order valence-corrected chi connectivity index (χ0v) is 15.9. The maximum absolute atomic E-state index is 12.5. The first-order valence-corrected chi connectivity index (χ1v) is 8.47. The topological polar surface area (TPSA) is 44.4 Å². The van der Waals surface area contributed by atoms with Crippen LogP contribution >= 0.6 is 24.8 Å². The molecule has 0 radical (unpaired) electrons. The van der Waals surface area contributed by atoms with Gasteiger partial charge in [0.15, 0.2) is 0 Å². The number of carbonyl (C=O) groups excluding carboxylic acids is 1. The van der Waals surface area contributed by atoms with Gasteiger partial charge in [-0.2, -0.15) is 0 Å². The number of halogens is 2. The van der Waals surface area contributed by atoms with Crippen molar-refractivity contribution in [1.29, 1.82) is 0 Å². The summed E-state index contributed by atoms with van der Waals surface area (Å²) in [5.41, 5.74) is 1.06. The highest BCUT2D eigenvalue weighted by Crippen LogP contribution is 2.27. The van der Waals surface area contributed by atoms with Crippen LogP contribution in [0.15, 0.2) is 30.3 Å². The molecule has 4 nitrogen and oxygen atoms in total. The fourth-order valence-corrected chi connectivity index (χ4v) is 3.60. The Morgan fingerprint density at radius 2 is 1.92 bits per heavy atom. The number of carbonyl (C=O) groups is 1. The minimum Gasteiger partial charge on any atom is -0.354 e. The molecule has 1 aromatic carbocycles. The molecule has 2 N–H and O–H groups in total. The molecule has 24 heavy (non-hydrogen) atoms. The second-order valence-corrected chi connectivity index (χ2v) is 6.87. The predicted octanol–water partition coefficient (Wildman–Crippen LogP) is 2.78. The molecular weight excluding hydrogens is 345 g/mol. The minimum absolute atomic E-state index is 0. The largest absolute Gasteiger partial charge is 0.354 e. The van der Waals surface area contributed by atoms with Crippen molar-refractivity contribution in [3.63, 3.8) is 0 Å². The quantitative estimate of drug-likeness (QED) is 0.833. The van der Waals surface area contributed by atoms with E-state index in [1.165, 1.54) is 18.4 Å². The van der Waals surface area contributed by atoms with E-state index < -0.39 is 0 Å². The lowest BCUT2D eigenvalue weighted by molar-refractivity contribution is -0.129. The van der Waals surface area contributed by atoms with Gasteiger partial charge in [-0.1, -0.05) is 30.3 Å². The van der Waals surface area contributed by atoms with Crippen molar-refractivity contribution in [1.82, 2.24) is 15.5 Å². The second kappa shape index (κ2) is 9.62. The first kappa shape index (κ1) is 21.2. The first-order chi connectivity index (χ1) is 10.7. The predicted molar refractivity (Wildman–Crippen MR) is 103 cm³/mol. The molecule has 136 valence electrons. The Bertz CT molecular complexity index is 500. The molecular formula is C18H29Cl2N3O. The van der Waals surface area contributed by atoms with Gasteiger partial charge in [0.25, 0.3) is 0 Å². The number of likely N-dealkylation sites (tertiary alicyclic amines) is 1. The van der Waals surface area contributed by atoms with E-state index in [4.69, 9.17) is 0 Å². The van der Waals surface area contributed by atoms with Gasteiger partial charge in [0.2, 0.25) is 5.91 Å². The lowest BCUT2D eigenvalue weighted by Crippen LogP contribution is -2.44. The summed E-state index contributed by atoms with van der Waals surface area (Å²) in [6.45, 7) is 6.77. The molecule has 2 saturated heterocycles. The highest BCUT2D eigenvalue weighted by atomic mass is 35.5. The maximum Gasteiger partial charge on any atom is 0.227 e. The van der Waals surface area contributed by atoms with Gasteiger partial charge in [-0.25, -0.2) is 0 Å². The van der Waals surface area contributed by atoms with E-state index >= 15 is 0 Å². The molecule has 6 heteroatoms. The summed E-state index contributed by atoms with van der Waals surface area (Å²) in [5.74, 6) is 0.192. The molecule has 0 spiro atoms. The third-order valence-electron chi connectivity index (χ3n) is 5.14. The number of hydrogen-bond acceptors (Lipinski definition) is 3. The van der Waals surface area contributed by atoms with Crippen molar-refractivity contribution in [3.8, 4) is 0 Å². The summed E-state index contributed by atoms with van der Waals surface area (Å²) in [6.07, 6.45) is 3.45. The summed E-state index contributed by atoms with van der Waals surface area (Å²) < 4.78 is 0. The van der Waals surface area contributed by atoms with Crippen molar-refractivity contribution in [2.75, 3.05) is 32.7 Å². The van der Waals surface area contributed by atoms with Crippen molar-refractivity contribution >= 4 is 30.7 Å².